The van der Waals surface area contributed by atoms with E-state index in [-0.39, 0.29) is 0 Å². The molecule has 0 aliphatic carbocycles. The topological polar surface area (TPSA) is 50.9 Å². The first kappa shape index (κ1) is 12.3. The van der Waals surface area contributed by atoms with Gasteiger partial charge in [-0.05, 0) is 36.6 Å². The van der Waals surface area contributed by atoms with Crippen LogP contribution in [-0.4, -0.2) is 4.98 Å². The second-order valence-electron chi connectivity index (χ2n) is 4.15. The number of aryl methyl sites for hydroxylation is 2. The fourth-order valence-electron chi connectivity index (χ4n) is 1.99. The van der Waals surface area contributed by atoms with Crippen LogP contribution in [0.15, 0.2) is 22.7 Å². The highest BCUT2D eigenvalue weighted by Crippen LogP contribution is 2.29. The number of anilines is 1. The Morgan fingerprint density at radius 1 is 1.41 bits per heavy atom. The van der Waals surface area contributed by atoms with Crippen molar-refractivity contribution >= 4 is 32.7 Å². The number of nitrogens with two attached hydrogens (primary N) is 1. The average Bonchev–Trinajstić information content (AvgIpc) is 2.34. The van der Waals surface area contributed by atoms with E-state index in [9.17, 15) is 0 Å². The molecule has 0 amide bonds. The smallest absolute Gasteiger partial charge is 0.143 e. The van der Waals surface area contributed by atoms with Gasteiger partial charge in [-0.1, -0.05) is 35.3 Å². The van der Waals surface area contributed by atoms with Gasteiger partial charge in [0.1, 0.15) is 5.82 Å². The van der Waals surface area contributed by atoms with Gasteiger partial charge in [0.05, 0.1) is 5.52 Å². The Balaban J connectivity index is 2.73. The summed E-state index contributed by atoms with van der Waals surface area (Å²) in [7, 11) is 0. The lowest BCUT2D eigenvalue weighted by atomic mass is 10.1. The summed E-state index contributed by atoms with van der Waals surface area (Å²) in [5.41, 5.74) is 6.00. The summed E-state index contributed by atoms with van der Waals surface area (Å²) in [6.45, 7) is 4.21. The molecule has 0 saturated carbocycles. The highest BCUT2D eigenvalue weighted by Gasteiger charge is 2.09. The molecule has 0 aliphatic heterocycles. The molecule has 0 radical (unpaired) electrons. The van der Waals surface area contributed by atoms with Crippen molar-refractivity contribution in [2.45, 2.75) is 26.7 Å². The maximum Gasteiger partial charge on any atom is 0.143 e. The van der Waals surface area contributed by atoms with E-state index in [4.69, 9.17) is 5.84 Å². The zero-order valence-corrected chi connectivity index (χ0v) is 11.6. The van der Waals surface area contributed by atoms with Crippen molar-refractivity contribution in [2.24, 2.45) is 5.84 Å². The molecule has 1 aromatic heterocycles. The first-order valence-corrected chi connectivity index (χ1v) is 6.52. The molecular weight excluding hydrogens is 278 g/mol. The van der Waals surface area contributed by atoms with Gasteiger partial charge in [0.15, 0.2) is 0 Å². The molecule has 2 aromatic rings. The van der Waals surface area contributed by atoms with Crippen molar-refractivity contribution in [3.05, 3.63) is 33.8 Å². The van der Waals surface area contributed by atoms with E-state index < -0.39 is 0 Å². The van der Waals surface area contributed by atoms with Gasteiger partial charge in [0.25, 0.3) is 0 Å². The van der Waals surface area contributed by atoms with Gasteiger partial charge in [-0.3, -0.25) is 0 Å². The lowest BCUT2D eigenvalue weighted by molar-refractivity contribution is 0.916. The van der Waals surface area contributed by atoms with Gasteiger partial charge >= 0.3 is 0 Å². The molecule has 0 atom stereocenters. The van der Waals surface area contributed by atoms with Gasteiger partial charge in [-0.15, -0.1) is 0 Å². The largest absolute Gasteiger partial charge is 0.308 e. The quantitative estimate of drug-likeness (QED) is 0.672. The summed E-state index contributed by atoms with van der Waals surface area (Å²) < 4.78 is 1.08. The fourth-order valence-corrected chi connectivity index (χ4v) is 2.42. The Bertz CT molecular complexity index is 552. The van der Waals surface area contributed by atoms with Crippen molar-refractivity contribution in [1.82, 2.24) is 4.98 Å². The van der Waals surface area contributed by atoms with E-state index in [1.165, 1.54) is 0 Å². The van der Waals surface area contributed by atoms with E-state index in [1.807, 2.05) is 0 Å². The Labute approximate surface area is 110 Å². The zero-order valence-electron chi connectivity index (χ0n) is 10.0. The molecule has 3 N–H and O–H groups in total. The van der Waals surface area contributed by atoms with Gasteiger partial charge in [-0.2, -0.15) is 0 Å². The number of hydrazine groups is 1. The summed E-state index contributed by atoms with van der Waals surface area (Å²) in [5, 5.41) is 1.15. The number of benzene rings is 1. The fraction of sp³-hybridized carbons (Fsp3) is 0.308. The van der Waals surface area contributed by atoms with Gasteiger partial charge in [0, 0.05) is 9.86 Å². The van der Waals surface area contributed by atoms with Crippen LogP contribution < -0.4 is 11.3 Å². The first-order chi connectivity index (χ1) is 8.17. The number of hydrogen-bond acceptors (Lipinski definition) is 3. The molecule has 1 aromatic carbocycles. The zero-order chi connectivity index (χ0) is 12.4. The Morgan fingerprint density at radius 3 is 2.82 bits per heavy atom. The highest BCUT2D eigenvalue weighted by atomic mass is 79.9. The minimum atomic E-state index is 0.778. The minimum absolute atomic E-state index is 0.778. The third-order valence-corrected chi connectivity index (χ3v) is 3.56. The number of pyridine rings is 1. The lowest BCUT2D eigenvalue weighted by Crippen LogP contribution is -2.11. The van der Waals surface area contributed by atoms with Crippen LogP contribution >= 0.6 is 15.9 Å². The molecule has 2 rings (SSSR count). The predicted octanol–water partition coefficient (Wildman–Crippen LogP) is 3.54. The second kappa shape index (κ2) is 5.02. The van der Waals surface area contributed by atoms with Crippen molar-refractivity contribution in [1.29, 1.82) is 0 Å². The van der Waals surface area contributed by atoms with Crippen molar-refractivity contribution in [3.8, 4) is 0 Å². The van der Waals surface area contributed by atoms with Crippen LogP contribution in [0.25, 0.3) is 10.9 Å². The number of halogens is 1. The van der Waals surface area contributed by atoms with Gasteiger partial charge in [0.2, 0.25) is 0 Å². The van der Waals surface area contributed by atoms with Crippen molar-refractivity contribution in [3.63, 3.8) is 0 Å². The molecule has 0 fully saturated rings. The summed E-state index contributed by atoms with van der Waals surface area (Å²) in [6, 6.07) is 6.28. The van der Waals surface area contributed by atoms with Crippen molar-refractivity contribution in [2.75, 3.05) is 5.43 Å². The molecule has 3 nitrogen and oxygen atoms in total. The molecule has 1 heterocycles. The Hall–Kier alpha value is -1.13. The monoisotopic (exact) mass is 293 g/mol. The maximum absolute atomic E-state index is 5.54. The summed E-state index contributed by atoms with van der Waals surface area (Å²) in [4.78, 5) is 4.61. The van der Waals surface area contributed by atoms with Gasteiger partial charge < -0.3 is 5.43 Å². The summed E-state index contributed by atoms with van der Waals surface area (Å²) >= 11 is 3.57. The van der Waals surface area contributed by atoms with E-state index in [1.54, 1.807) is 0 Å². The number of nitrogens with zero attached hydrogens (tertiary/aromatic N) is 1. The standard InChI is InChI=1S/C13H16BrN3/c1-3-4-9-7-10-11(14)6-5-8(2)12(10)16-13(9)17-15/h5-7H,3-4,15H2,1-2H3,(H,16,17). The minimum Gasteiger partial charge on any atom is -0.308 e. The molecule has 0 spiro atoms. The van der Waals surface area contributed by atoms with Crippen LogP contribution in [0.1, 0.15) is 24.5 Å². The molecule has 0 bridgehead atoms. The van der Waals surface area contributed by atoms with Crippen LogP contribution in [0.5, 0.6) is 0 Å². The number of rotatable bonds is 3. The number of aromatic nitrogens is 1. The predicted molar refractivity (Wildman–Crippen MR) is 76.0 cm³/mol. The SMILES string of the molecule is CCCc1cc2c(Br)ccc(C)c2nc1NN. The third-order valence-electron chi connectivity index (χ3n) is 2.87. The first-order valence-electron chi connectivity index (χ1n) is 5.72. The van der Waals surface area contributed by atoms with E-state index in [0.717, 1.165) is 45.2 Å². The molecule has 0 saturated heterocycles. The molecule has 0 unspecified atom stereocenters. The molecule has 0 aliphatic rings. The molecule has 4 heteroatoms. The number of fused-ring (bicyclic) bond motifs is 1. The van der Waals surface area contributed by atoms with Crippen LogP contribution in [-0.2, 0) is 6.42 Å². The molecule has 17 heavy (non-hydrogen) atoms. The van der Waals surface area contributed by atoms with E-state index in [0.29, 0.717) is 0 Å². The lowest BCUT2D eigenvalue weighted by Gasteiger charge is -2.11. The molecule has 90 valence electrons. The number of hydrogen-bond donors (Lipinski definition) is 2. The third kappa shape index (κ3) is 2.28. The highest BCUT2D eigenvalue weighted by molar-refractivity contribution is 9.10. The molecular formula is C13H16BrN3. The number of nitrogen functional groups attached to an aromatic ring is 1. The van der Waals surface area contributed by atoms with Crippen LogP contribution in [0, 0.1) is 6.92 Å². The Morgan fingerprint density at radius 2 is 2.18 bits per heavy atom. The maximum atomic E-state index is 5.54. The van der Waals surface area contributed by atoms with Crippen LogP contribution in [0.4, 0.5) is 5.82 Å². The second-order valence-corrected chi connectivity index (χ2v) is 5.01. The van der Waals surface area contributed by atoms with E-state index in [2.05, 4.69) is 58.4 Å². The summed E-state index contributed by atoms with van der Waals surface area (Å²) in [6.07, 6.45) is 2.05. The Kier molecular flexibility index (Phi) is 3.64. The van der Waals surface area contributed by atoms with Crippen LogP contribution in [0.2, 0.25) is 0 Å². The average molecular weight is 294 g/mol. The van der Waals surface area contributed by atoms with Gasteiger partial charge in [-0.25, -0.2) is 10.8 Å². The van der Waals surface area contributed by atoms with E-state index >= 15 is 0 Å². The van der Waals surface area contributed by atoms with Crippen molar-refractivity contribution < 1.29 is 0 Å². The van der Waals surface area contributed by atoms with Crippen LogP contribution in [0.3, 0.4) is 0 Å². The summed E-state index contributed by atoms with van der Waals surface area (Å²) in [5.74, 6) is 6.31. The number of nitrogens with one attached hydrogen (secondary N) is 1. The normalized spacial score (nSPS) is 10.8.